The van der Waals surface area contributed by atoms with Gasteiger partial charge in [-0.25, -0.2) is 4.98 Å². The van der Waals surface area contributed by atoms with E-state index in [1.807, 2.05) is 0 Å². The van der Waals surface area contributed by atoms with Crippen LogP contribution in [-0.2, 0) is 10.8 Å². The lowest BCUT2D eigenvalue weighted by molar-refractivity contribution is 0.768. The molecule has 0 fully saturated rings. The van der Waals surface area contributed by atoms with E-state index in [2.05, 4.69) is 248 Å². The van der Waals surface area contributed by atoms with E-state index >= 15 is 0 Å². The van der Waals surface area contributed by atoms with Crippen LogP contribution in [0.2, 0.25) is 0 Å². The Hall–Kier alpha value is -8.11. The van der Waals surface area contributed by atoms with Crippen molar-refractivity contribution >= 4 is 38.6 Å². The Bertz CT molecular complexity index is 3510. The van der Waals surface area contributed by atoms with E-state index in [0.29, 0.717) is 0 Å². The molecule has 308 valence electrons. The Kier molecular flexibility index (Phi) is 8.02. The fraction of sp³-hybridized carbons (Fsp3) is 0.0317. The van der Waals surface area contributed by atoms with Gasteiger partial charge in [0.1, 0.15) is 5.01 Å². The maximum Gasteiger partial charge on any atom is 0.124 e. The van der Waals surface area contributed by atoms with Gasteiger partial charge in [-0.15, -0.1) is 11.3 Å². The van der Waals surface area contributed by atoms with Crippen molar-refractivity contribution in [1.29, 1.82) is 0 Å². The van der Waals surface area contributed by atoms with E-state index in [9.17, 15) is 0 Å². The Labute approximate surface area is 388 Å². The van der Waals surface area contributed by atoms with Crippen LogP contribution >= 0.6 is 11.3 Å². The van der Waals surface area contributed by atoms with E-state index in [1.54, 1.807) is 11.3 Å². The minimum absolute atomic E-state index is 0.473. The number of anilines is 3. The van der Waals surface area contributed by atoms with Gasteiger partial charge in [0, 0.05) is 22.6 Å². The Morgan fingerprint density at radius 1 is 0.318 bits per heavy atom. The summed E-state index contributed by atoms with van der Waals surface area (Å²) in [4.78, 5) is 7.77. The van der Waals surface area contributed by atoms with Gasteiger partial charge in [-0.05, 0) is 120 Å². The van der Waals surface area contributed by atoms with Crippen molar-refractivity contribution in [2.45, 2.75) is 10.8 Å². The number of nitrogens with zero attached hydrogens (tertiary/aromatic N) is 2. The quantitative estimate of drug-likeness (QED) is 0.166. The Morgan fingerprint density at radius 3 is 1.20 bits per heavy atom. The molecule has 3 aliphatic carbocycles. The summed E-state index contributed by atoms with van der Waals surface area (Å²) in [6, 6.07) is 90.2. The summed E-state index contributed by atoms with van der Waals surface area (Å²) in [5.74, 6) is 0. The van der Waals surface area contributed by atoms with Crippen molar-refractivity contribution in [2.24, 2.45) is 0 Å². The zero-order valence-corrected chi connectivity index (χ0v) is 36.7. The first-order valence-electron chi connectivity index (χ1n) is 22.8. The van der Waals surface area contributed by atoms with Crippen LogP contribution in [0.3, 0.4) is 0 Å². The van der Waals surface area contributed by atoms with E-state index in [4.69, 9.17) is 4.98 Å². The molecule has 0 atom stereocenters. The molecule has 0 aliphatic heterocycles. The van der Waals surface area contributed by atoms with Gasteiger partial charge >= 0.3 is 0 Å². The lowest BCUT2D eigenvalue weighted by Crippen LogP contribution is -2.28. The molecule has 3 aliphatic rings. The predicted molar refractivity (Wildman–Crippen MR) is 273 cm³/mol. The molecule has 1 aromatic heterocycles. The van der Waals surface area contributed by atoms with Gasteiger partial charge < -0.3 is 4.90 Å². The van der Waals surface area contributed by atoms with Crippen LogP contribution in [0.1, 0.15) is 44.5 Å². The molecule has 0 bridgehead atoms. The summed E-state index contributed by atoms with van der Waals surface area (Å²) in [6.07, 6.45) is 0. The number of aromatic nitrogens is 1. The topological polar surface area (TPSA) is 16.1 Å². The fourth-order valence-corrected chi connectivity index (χ4v) is 13.0. The average molecular weight is 857 g/mol. The lowest BCUT2D eigenvalue weighted by atomic mass is 9.67. The first kappa shape index (κ1) is 37.3. The van der Waals surface area contributed by atoms with Gasteiger partial charge in [0.15, 0.2) is 0 Å². The third kappa shape index (κ3) is 5.03. The standard InChI is InChI=1S/C63H40N2S/c1-4-18-41(19-5-1)61-64-59-40-46(34-37-60(59)66-61)65(44-32-35-51-49-26-10-14-28-53(49)62(57(51)38-44,42-20-6-2-7-21-42)43-22-8-3-9-23-43)45-33-36-52-50-27-13-17-31-56(50)63(58(52)39-45)54-29-15-11-24-47(54)48-25-12-16-30-55(48)63/h1-40H. The molecular formula is C63H40N2S. The zero-order valence-electron chi connectivity index (χ0n) is 35.9. The highest BCUT2D eigenvalue weighted by Gasteiger charge is 2.52. The summed E-state index contributed by atoms with van der Waals surface area (Å²) in [7, 11) is 0. The minimum atomic E-state index is -0.541. The van der Waals surface area contributed by atoms with Crippen LogP contribution in [0.4, 0.5) is 17.1 Å². The SMILES string of the molecule is c1ccc(-c2nc3cc(N(c4ccc5c(c4)C(c4ccccc4)(c4ccccc4)c4ccccc4-5)c4ccc5c(c4)C4(c6ccccc6-c6ccccc64)c4ccccc4-5)ccc3s2)cc1. The lowest BCUT2D eigenvalue weighted by Gasteiger charge is -2.35. The van der Waals surface area contributed by atoms with Crippen LogP contribution in [0, 0.1) is 0 Å². The first-order chi connectivity index (χ1) is 32.7. The first-order valence-corrected chi connectivity index (χ1v) is 23.6. The molecule has 1 spiro atoms. The molecule has 66 heavy (non-hydrogen) atoms. The van der Waals surface area contributed by atoms with Gasteiger partial charge in [0.25, 0.3) is 0 Å². The molecule has 14 rings (SSSR count). The summed E-state index contributed by atoms with van der Waals surface area (Å²) >= 11 is 1.75. The largest absolute Gasteiger partial charge is 0.310 e. The summed E-state index contributed by atoms with van der Waals surface area (Å²) in [6.45, 7) is 0. The van der Waals surface area contributed by atoms with Crippen molar-refractivity contribution in [3.63, 3.8) is 0 Å². The molecule has 2 nitrogen and oxygen atoms in total. The molecule has 0 amide bonds. The second-order valence-corrected chi connectivity index (χ2v) is 18.8. The van der Waals surface area contributed by atoms with E-state index in [0.717, 1.165) is 37.8 Å². The predicted octanol–water partition coefficient (Wildman–Crippen LogP) is 16.1. The molecule has 0 saturated carbocycles. The van der Waals surface area contributed by atoms with Gasteiger partial charge in [0.05, 0.1) is 21.0 Å². The molecule has 3 heteroatoms. The molecule has 0 saturated heterocycles. The summed E-state index contributed by atoms with van der Waals surface area (Å²) < 4.78 is 1.16. The molecule has 0 radical (unpaired) electrons. The van der Waals surface area contributed by atoms with Crippen molar-refractivity contribution in [2.75, 3.05) is 4.90 Å². The summed E-state index contributed by atoms with van der Waals surface area (Å²) in [5, 5.41) is 1.02. The number of thiazole rings is 1. The van der Waals surface area contributed by atoms with Crippen LogP contribution < -0.4 is 4.90 Å². The fourth-order valence-electron chi connectivity index (χ4n) is 12.0. The maximum absolute atomic E-state index is 5.29. The second-order valence-electron chi connectivity index (χ2n) is 17.7. The highest BCUT2D eigenvalue weighted by atomic mass is 32.1. The Balaban J connectivity index is 1.04. The normalized spacial score (nSPS) is 14.0. The molecule has 0 N–H and O–H groups in total. The van der Waals surface area contributed by atoms with Gasteiger partial charge in [-0.3, -0.25) is 0 Å². The van der Waals surface area contributed by atoms with Crippen molar-refractivity contribution in [1.82, 2.24) is 4.98 Å². The van der Waals surface area contributed by atoms with Crippen LogP contribution in [0.15, 0.2) is 243 Å². The summed E-state index contributed by atoms with van der Waals surface area (Å²) in [5.41, 5.74) is 22.4. The van der Waals surface area contributed by atoms with Crippen LogP contribution in [0.25, 0.3) is 54.2 Å². The Morgan fingerprint density at radius 2 is 0.697 bits per heavy atom. The zero-order chi connectivity index (χ0) is 43.4. The third-order valence-electron chi connectivity index (χ3n) is 14.6. The van der Waals surface area contributed by atoms with E-state index in [1.165, 1.54) is 77.9 Å². The monoisotopic (exact) mass is 856 g/mol. The second kappa shape index (κ2) is 14.2. The third-order valence-corrected chi connectivity index (χ3v) is 15.7. The number of hydrogen-bond donors (Lipinski definition) is 0. The van der Waals surface area contributed by atoms with Gasteiger partial charge in [0.2, 0.25) is 0 Å². The average Bonchev–Trinajstić information content (AvgIpc) is 4.12. The molecule has 11 aromatic rings. The number of benzene rings is 10. The highest BCUT2D eigenvalue weighted by Crippen LogP contribution is 2.64. The molecule has 10 aromatic carbocycles. The molecular weight excluding hydrogens is 817 g/mol. The van der Waals surface area contributed by atoms with Crippen molar-refractivity contribution in [3.8, 4) is 44.0 Å². The molecule has 1 heterocycles. The van der Waals surface area contributed by atoms with Crippen LogP contribution in [0.5, 0.6) is 0 Å². The number of hydrogen-bond acceptors (Lipinski definition) is 3. The highest BCUT2D eigenvalue weighted by molar-refractivity contribution is 7.21. The smallest absolute Gasteiger partial charge is 0.124 e. The van der Waals surface area contributed by atoms with Gasteiger partial charge in [-0.2, -0.15) is 0 Å². The molecule has 0 unspecified atom stereocenters. The van der Waals surface area contributed by atoms with Gasteiger partial charge in [-0.1, -0.05) is 200 Å². The van der Waals surface area contributed by atoms with Crippen molar-refractivity contribution in [3.05, 3.63) is 287 Å². The van der Waals surface area contributed by atoms with E-state index < -0.39 is 10.8 Å². The van der Waals surface area contributed by atoms with Crippen LogP contribution in [-0.4, -0.2) is 4.98 Å². The number of fused-ring (bicyclic) bond motifs is 14. The maximum atomic E-state index is 5.29. The minimum Gasteiger partial charge on any atom is -0.310 e. The number of rotatable bonds is 6. The van der Waals surface area contributed by atoms with E-state index in [-0.39, 0.29) is 0 Å². The van der Waals surface area contributed by atoms with Crippen molar-refractivity contribution < 1.29 is 0 Å².